The molecule has 0 aliphatic heterocycles. The summed E-state index contributed by atoms with van der Waals surface area (Å²) in [6, 6.07) is 12.9. The molecular weight excluding hydrogens is 398 g/mol. The van der Waals surface area contributed by atoms with Gasteiger partial charge >= 0.3 is 0 Å². The van der Waals surface area contributed by atoms with E-state index in [1.165, 1.54) is 28.2 Å². The molecule has 0 saturated carbocycles. The number of carbonyl (C=O) groups excluding carboxylic acids is 2. The number of nitrogens with zero attached hydrogens (tertiary/aromatic N) is 1. The molecule has 2 aromatic rings. The second-order valence-corrected chi connectivity index (χ2v) is 8.78. The van der Waals surface area contributed by atoms with Gasteiger partial charge in [0.05, 0.1) is 16.3 Å². The van der Waals surface area contributed by atoms with E-state index in [-0.39, 0.29) is 16.2 Å². The fourth-order valence-corrected chi connectivity index (χ4v) is 4.80. The Bertz CT molecular complexity index is 957. The Morgan fingerprint density at radius 1 is 1.07 bits per heavy atom. The number of rotatable bonds is 9. The SMILES string of the molecule is CCN(CC)S(=O)(=O)c1cccc(C(=O)Nc2ccccc2SCC(N)=O)c1. The third-order valence-corrected chi connectivity index (χ3v) is 7.09. The van der Waals surface area contributed by atoms with Gasteiger partial charge in [-0.3, -0.25) is 9.59 Å². The summed E-state index contributed by atoms with van der Waals surface area (Å²) in [6.07, 6.45) is 0. The van der Waals surface area contributed by atoms with Gasteiger partial charge in [0.2, 0.25) is 15.9 Å². The summed E-state index contributed by atoms with van der Waals surface area (Å²) in [5.41, 5.74) is 5.93. The average Bonchev–Trinajstić information content (AvgIpc) is 2.68. The highest BCUT2D eigenvalue weighted by Crippen LogP contribution is 2.27. The number of anilines is 1. The summed E-state index contributed by atoms with van der Waals surface area (Å²) < 4.78 is 26.7. The quantitative estimate of drug-likeness (QED) is 0.605. The van der Waals surface area contributed by atoms with Gasteiger partial charge in [-0.15, -0.1) is 11.8 Å². The molecule has 0 radical (unpaired) electrons. The van der Waals surface area contributed by atoms with Crippen molar-refractivity contribution in [2.45, 2.75) is 23.6 Å². The lowest BCUT2D eigenvalue weighted by molar-refractivity contribution is -0.115. The summed E-state index contributed by atoms with van der Waals surface area (Å²) in [5, 5.41) is 2.77. The summed E-state index contributed by atoms with van der Waals surface area (Å²) in [4.78, 5) is 24.5. The maximum Gasteiger partial charge on any atom is 0.255 e. The maximum atomic E-state index is 12.7. The second-order valence-electron chi connectivity index (χ2n) is 5.82. The Balaban J connectivity index is 2.26. The molecule has 28 heavy (non-hydrogen) atoms. The highest BCUT2D eigenvalue weighted by molar-refractivity contribution is 8.00. The van der Waals surface area contributed by atoms with E-state index >= 15 is 0 Å². The normalized spacial score (nSPS) is 11.4. The van der Waals surface area contributed by atoms with Crippen molar-refractivity contribution >= 4 is 39.3 Å². The summed E-state index contributed by atoms with van der Waals surface area (Å²) >= 11 is 1.22. The molecule has 2 rings (SSSR count). The molecule has 150 valence electrons. The highest BCUT2D eigenvalue weighted by atomic mass is 32.2. The van der Waals surface area contributed by atoms with Crippen LogP contribution in [0.15, 0.2) is 58.3 Å². The van der Waals surface area contributed by atoms with Crippen molar-refractivity contribution in [2.24, 2.45) is 5.73 Å². The Labute approximate surface area is 169 Å². The van der Waals surface area contributed by atoms with Crippen LogP contribution < -0.4 is 11.1 Å². The number of nitrogens with two attached hydrogens (primary N) is 1. The summed E-state index contributed by atoms with van der Waals surface area (Å²) in [6.45, 7) is 4.22. The minimum Gasteiger partial charge on any atom is -0.369 e. The lowest BCUT2D eigenvalue weighted by Gasteiger charge is -2.18. The Morgan fingerprint density at radius 2 is 1.75 bits per heavy atom. The van der Waals surface area contributed by atoms with Crippen molar-refractivity contribution in [3.05, 3.63) is 54.1 Å². The van der Waals surface area contributed by atoms with E-state index in [2.05, 4.69) is 5.32 Å². The van der Waals surface area contributed by atoms with Crippen molar-refractivity contribution in [2.75, 3.05) is 24.2 Å². The number of primary amides is 1. The van der Waals surface area contributed by atoms with Crippen LogP contribution >= 0.6 is 11.8 Å². The fourth-order valence-electron chi connectivity index (χ4n) is 2.55. The third kappa shape index (κ3) is 5.34. The summed E-state index contributed by atoms with van der Waals surface area (Å²) in [7, 11) is -3.66. The first-order chi connectivity index (χ1) is 13.3. The average molecular weight is 422 g/mol. The number of thioether (sulfide) groups is 1. The van der Waals surface area contributed by atoms with Crippen LogP contribution in [0.4, 0.5) is 5.69 Å². The molecule has 9 heteroatoms. The van der Waals surface area contributed by atoms with Crippen LogP contribution in [0.25, 0.3) is 0 Å². The number of sulfonamides is 1. The standard InChI is InChI=1S/C19H23N3O4S2/c1-3-22(4-2)28(25,26)15-9-7-8-14(12-15)19(24)21-16-10-5-6-11-17(16)27-13-18(20)23/h5-12H,3-4,13H2,1-2H3,(H2,20,23)(H,21,24). The first-order valence-corrected chi connectivity index (χ1v) is 11.1. The van der Waals surface area contributed by atoms with Crippen LogP contribution in [0.5, 0.6) is 0 Å². The van der Waals surface area contributed by atoms with E-state index < -0.39 is 21.8 Å². The number of para-hydroxylation sites is 1. The van der Waals surface area contributed by atoms with Gasteiger partial charge in [-0.05, 0) is 30.3 Å². The number of carbonyl (C=O) groups is 2. The number of hydrogen-bond acceptors (Lipinski definition) is 5. The minimum atomic E-state index is -3.66. The van der Waals surface area contributed by atoms with Crippen molar-refractivity contribution < 1.29 is 18.0 Å². The van der Waals surface area contributed by atoms with Crippen molar-refractivity contribution in [3.8, 4) is 0 Å². The van der Waals surface area contributed by atoms with Gasteiger partial charge in [0.25, 0.3) is 5.91 Å². The molecule has 7 nitrogen and oxygen atoms in total. The van der Waals surface area contributed by atoms with Gasteiger partial charge in [0.15, 0.2) is 0 Å². The van der Waals surface area contributed by atoms with Crippen LogP contribution in [-0.4, -0.2) is 43.4 Å². The molecule has 0 aliphatic rings. The predicted octanol–water partition coefficient (Wildman–Crippen LogP) is 2.55. The molecule has 0 fully saturated rings. The van der Waals surface area contributed by atoms with E-state index in [0.29, 0.717) is 23.7 Å². The molecule has 0 aromatic heterocycles. The highest BCUT2D eigenvalue weighted by Gasteiger charge is 2.22. The molecule has 0 spiro atoms. The molecule has 2 aromatic carbocycles. The number of benzene rings is 2. The zero-order chi connectivity index (χ0) is 20.7. The van der Waals surface area contributed by atoms with Crippen LogP contribution in [0, 0.1) is 0 Å². The van der Waals surface area contributed by atoms with Gasteiger partial charge < -0.3 is 11.1 Å². The fraction of sp³-hybridized carbons (Fsp3) is 0.263. The number of nitrogens with one attached hydrogen (secondary N) is 1. The van der Waals surface area contributed by atoms with E-state index in [0.717, 1.165) is 0 Å². The van der Waals surface area contributed by atoms with E-state index in [9.17, 15) is 18.0 Å². The second kappa shape index (κ2) is 9.72. The van der Waals surface area contributed by atoms with Crippen LogP contribution in [0.3, 0.4) is 0 Å². The molecule has 3 N–H and O–H groups in total. The molecule has 0 aliphatic carbocycles. The topological polar surface area (TPSA) is 110 Å². The van der Waals surface area contributed by atoms with Gasteiger partial charge in [-0.25, -0.2) is 8.42 Å². The summed E-state index contributed by atoms with van der Waals surface area (Å²) in [5.74, 6) is -0.811. The predicted molar refractivity (Wildman–Crippen MR) is 111 cm³/mol. The smallest absolute Gasteiger partial charge is 0.255 e. The zero-order valence-electron chi connectivity index (χ0n) is 15.7. The van der Waals surface area contributed by atoms with Crippen molar-refractivity contribution in [1.82, 2.24) is 4.31 Å². The monoisotopic (exact) mass is 421 g/mol. The Kier molecular flexibility index (Phi) is 7.61. The molecule has 0 atom stereocenters. The van der Waals surface area contributed by atoms with Crippen LogP contribution in [0.2, 0.25) is 0 Å². The molecule has 0 heterocycles. The third-order valence-electron chi connectivity index (χ3n) is 3.94. The van der Waals surface area contributed by atoms with Crippen molar-refractivity contribution in [3.63, 3.8) is 0 Å². The molecule has 0 saturated heterocycles. The Morgan fingerprint density at radius 3 is 2.39 bits per heavy atom. The lowest BCUT2D eigenvalue weighted by atomic mass is 10.2. The maximum absolute atomic E-state index is 12.7. The number of amides is 2. The molecule has 0 bridgehead atoms. The van der Waals surface area contributed by atoms with Crippen LogP contribution in [-0.2, 0) is 14.8 Å². The van der Waals surface area contributed by atoms with E-state index in [4.69, 9.17) is 5.73 Å². The first kappa shape index (κ1) is 21.9. The lowest BCUT2D eigenvalue weighted by Crippen LogP contribution is -2.30. The minimum absolute atomic E-state index is 0.0697. The van der Waals surface area contributed by atoms with E-state index in [1.54, 1.807) is 50.2 Å². The van der Waals surface area contributed by atoms with Crippen LogP contribution in [0.1, 0.15) is 24.2 Å². The largest absolute Gasteiger partial charge is 0.369 e. The first-order valence-electron chi connectivity index (χ1n) is 8.71. The molecular formula is C19H23N3O4S2. The zero-order valence-corrected chi connectivity index (χ0v) is 17.3. The van der Waals surface area contributed by atoms with Crippen molar-refractivity contribution in [1.29, 1.82) is 0 Å². The van der Waals surface area contributed by atoms with E-state index in [1.807, 2.05) is 0 Å². The van der Waals surface area contributed by atoms with Gasteiger partial charge in [-0.1, -0.05) is 32.0 Å². The number of hydrogen-bond donors (Lipinski definition) is 2. The van der Waals surface area contributed by atoms with Gasteiger partial charge in [0, 0.05) is 23.5 Å². The Hall–Kier alpha value is -2.36. The molecule has 0 unspecified atom stereocenters. The van der Waals surface area contributed by atoms with Gasteiger partial charge in [-0.2, -0.15) is 4.31 Å². The van der Waals surface area contributed by atoms with Gasteiger partial charge in [0.1, 0.15) is 0 Å². The molecule has 2 amide bonds.